The summed E-state index contributed by atoms with van der Waals surface area (Å²) in [5.41, 5.74) is 0.564. The molecule has 0 saturated carbocycles. The summed E-state index contributed by atoms with van der Waals surface area (Å²) in [4.78, 5) is 35.3. The van der Waals surface area contributed by atoms with Gasteiger partial charge < -0.3 is 14.8 Å². The molecule has 0 bridgehead atoms. The Hall–Kier alpha value is -3.22. The van der Waals surface area contributed by atoms with Crippen LogP contribution < -0.4 is 10.1 Å². The highest BCUT2D eigenvalue weighted by molar-refractivity contribution is 5.96. The van der Waals surface area contributed by atoms with Gasteiger partial charge >= 0.3 is 5.97 Å². The van der Waals surface area contributed by atoms with Gasteiger partial charge in [0.05, 0.1) is 5.69 Å². The van der Waals surface area contributed by atoms with E-state index in [0.717, 1.165) is 0 Å². The summed E-state index contributed by atoms with van der Waals surface area (Å²) in [6, 6.07) is 12.0. The molecule has 6 nitrogen and oxygen atoms in total. The van der Waals surface area contributed by atoms with Crippen molar-refractivity contribution >= 4 is 23.3 Å². The Bertz CT molecular complexity index is 819. The number of esters is 1. The summed E-state index contributed by atoms with van der Waals surface area (Å²) in [5.74, 6) is -1.59. The molecular weight excluding hydrogens is 353 g/mol. The Kier molecular flexibility index (Phi) is 7.05. The number of para-hydroxylation sites is 1. The number of carbonyl (C=O) groups is 3. The SMILES string of the molecule is CCC(=O)c1ccc(OCC(=O)O[C@H](C)C(=O)Nc2ccccc2F)cc1. The largest absolute Gasteiger partial charge is 0.482 e. The highest BCUT2D eigenvalue weighted by Crippen LogP contribution is 2.15. The third-order valence-corrected chi connectivity index (χ3v) is 3.66. The number of amides is 1. The van der Waals surface area contributed by atoms with Crippen LogP contribution in [0.4, 0.5) is 10.1 Å². The first-order chi connectivity index (χ1) is 12.9. The molecule has 0 aliphatic carbocycles. The standard InChI is InChI=1S/C20H20FNO5/c1-3-18(23)14-8-10-15(11-9-14)26-12-19(24)27-13(2)20(25)22-17-7-5-4-6-16(17)21/h4-11,13H,3,12H2,1-2H3,(H,22,25)/t13-/m1/s1. The summed E-state index contributed by atoms with van der Waals surface area (Å²) in [6.45, 7) is 2.74. The second-order valence-corrected chi connectivity index (χ2v) is 5.69. The van der Waals surface area contributed by atoms with Crippen LogP contribution >= 0.6 is 0 Å². The molecule has 7 heteroatoms. The monoisotopic (exact) mass is 373 g/mol. The number of hydrogen-bond acceptors (Lipinski definition) is 5. The highest BCUT2D eigenvalue weighted by atomic mass is 19.1. The summed E-state index contributed by atoms with van der Waals surface area (Å²) >= 11 is 0. The van der Waals surface area contributed by atoms with Crippen molar-refractivity contribution in [1.29, 1.82) is 0 Å². The number of hydrogen-bond donors (Lipinski definition) is 1. The fourth-order valence-electron chi connectivity index (χ4n) is 2.17. The van der Waals surface area contributed by atoms with Crippen LogP contribution in [0.15, 0.2) is 48.5 Å². The molecule has 0 aliphatic rings. The predicted molar refractivity (Wildman–Crippen MR) is 97.1 cm³/mol. The number of nitrogens with one attached hydrogen (secondary N) is 1. The van der Waals surface area contributed by atoms with Gasteiger partial charge in [-0.2, -0.15) is 0 Å². The predicted octanol–water partition coefficient (Wildman–Crippen LogP) is 3.37. The van der Waals surface area contributed by atoms with E-state index in [4.69, 9.17) is 9.47 Å². The van der Waals surface area contributed by atoms with E-state index in [-0.39, 0.29) is 11.5 Å². The van der Waals surface area contributed by atoms with Gasteiger partial charge in [-0.1, -0.05) is 19.1 Å². The van der Waals surface area contributed by atoms with Crippen LogP contribution in [-0.4, -0.2) is 30.4 Å². The molecule has 0 heterocycles. The van der Waals surface area contributed by atoms with Crippen LogP contribution in [0.5, 0.6) is 5.75 Å². The molecule has 0 aromatic heterocycles. The van der Waals surface area contributed by atoms with Crippen molar-refractivity contribution in [1.82, 2.24) is 0 Å². The molecule has 2 aromatic rings. The lowest BCUT2D eigenvalue weighted by molar-refractivity contribution is -0.155. The first-order valence-corrected chi connectivity index (χ1v) is 8.41. The van der Waals surface area contributed by atoms with Crippen LogP contribution in [0, 0.1) is 5.82 Å². The molecule has 2 rings (SSSR count). The van der Waals surface area contributed by atoms with E-state index in [1.165, 1.54) is 25.1 Å². The van der Waals surface area contributed by atoms with Crippen molar-refractivity contribution in [3.05, 3.63) is 59.9 Å². The number of rotatable bonds is 8. The molecule has 0 unspecified atom stereocenters. The lowest BCUT2D eigenvalue weighted by Crippen LogP contribution is -2.31. The lowest BCUT2D eigenvalue weighted by Gasteiger charge is -2.14. The molecule has 0 spiro atoms. The highest BCUT2D eigenvalue weighted by Gasteiger charge is 2.19. The Morgan fingerprint density at radius 3 is 2.37 bits per heavy atom. The smallest absolute Gasteiger partial charge is 0.344 e. The molecule has 0 saturated heterocycles. The van der Waals surface area contributed by atoms with Crippen LogP contribution in [0.25, 0.3) is 0 Å². The van der Waals surface area contributed by atoms with Gasteiger partial charge in [0.2, 0.25) is 0 Å². The number of benzene rings is 2. The van der Waals surface area contributed by atoms with Crippen molar-refractivity contribution in [3.8, 4) is 5.75 Å². The van der Waals surface area contributed by atoms with E-state index in [9.17, 15) is 18.8 Å². The zero-order chi connectivity index (χ0) is 19.8. The van der Waals surface area contributed by atoms with Gasteiger partial charge in [0.1, 0.15) is 11.6 Å². The van der Waals surface area contributed by atoms with E-state index in [1.807, 2.05) is 0 Å². The first-order valence-electron chi connectivity index (χ1n) is 8.41. The van der Waals surface area contributed by atoms with Crippen LogP contribution in [0.2, 0.25) is 0 Å². The van der Waals surface area contributed by atoms with Crippen LogP contribution in [-0.2, 0) is 14.3 Å². The zero-order valence-electron chi connectivity index (χ0n) is 15.0. The van der Waals surface area contributed by atoms with Gasteiger partial charge in [-0.05, 0) is 43.3 Å². The van der Waals surface area contributed by atoms with Crippen LogP contribution in [0.1, 0.15) is 30.6 Å². The van der Waals surface area contributed by atoms with Gasteiger partial charge in [0, 0.05) is 12.0 Å². The number of Topliss-reactive ketones (excluding diaryl/α,β-unsaturated/α-hetero) is 1. The minimum absolute atomic E-state index is 0.00312. The molecule has 27 heavy (non-hydrogen) atoms. The maximum Gasteiger partial charge on any atom is 0.344 e. The number of ketones is 1. The van der Waals surface area contributed by atoms with Crippen molar-refractivity contribution in [2.45, 2.75) is 26.4 Å². The summed E-state index contributed by atoms with van der Waals surface area (Å²) in [6.07, 6.45) is -0.718. The maximum absolute atomic E-state index is 13.5. The second kappa shape index (κ2) is 9.47. The van der Waals surface area contributed by atoms with E-state index >= 15 is 0 Å². The van der Waals surface area contributed by atoms with Crippen molar-refractivity contribution < 1.29 is 28.2 Å². The Balaban J connectivity index is 1.81. The average Bonchev–Trinajstić information content (AvgIpc) is 2.67. The van der Waals surface area contributed by atoms with E-state index in [2.05, 4.69) is 5.32 Å². The molecule has 1 N–H and O–H groups in total. The minimum Gasteiger partial charge on any atom is -0.482 e. The van der Waals surface area contributed by atoms with Gasteiger partial charge in [-0.3, -0.25) is 9.59 Å². The summed E-state index contributed by atoms with van der Waals surface area (Å²) < 4.78 is 23.8. The molecule has 1 atom stereocenters. The van der Waals surface area contributed by atoms with E-state index in [1.54, 1.807) is 37.3 Å². The van der Waals surface area contributed by atoms with Gasteiger partial charge in [-0.25, -0.2) is 9.18 Å². The van der Waals surface area contributed by atoms with E-state index < -0.39 is 30.4 Å². The van der Waals surface area contributed by atoms with Gasteiger partial charge in [0.15, 0.2) is 18.5 Å². The fraction of sp³-hybridized carbons (Fsp3) is 0.250. The maximum atomic E-state index is 13.5. The number of carbonyl (C=O) groups excluding carboxylic acids is 3. The Morgan fingerprint density at radius 1 is 1.07 bits per heavy atom. The first kappa shape index (κ1) is 20.1. The van der Waals surface area contributed by atoms with Crippen molar-refractivity contribution in [2.24, 2.45) is 0 Å². The van der Waals surface area contributed by atoms with Crippen LogP contribution in [0.3, 0.4) is 0 Å². The number of halogens is 1. The molecule has 142 valence electrons. The second-order valence-electron chi connectivity index (χ2n) is 5.69. The topological polar surface area (TPSA) is 81.7 Å². The number of ether oxygens (including phenoxy) is 2. The van der Waals surface area contributed by atoms with Crippen molar-refractivity contribution in [3.63, 3.8) is 0 Å². The summed E-state index contributed by atoms with van der Waals surface area (Å²) in [5, 5.41) is 2.35. The molecule has 0 aliphatic heterocycles. The minimum atomic E-state index is -1.12. The molecule has 0 radical (unpaired) electrons. The fourth-order valence-corrected chi connectivity index (χ4v) is 2.17. The normalized spacial score (nSPS) is 11.4. The quantitative estimate of drug-likeness (QED) is 0.567. The zero-order valence-corrected chi connectivity index (χ0v) is 15.0. The number of anilines is 1. The average molecular weight is 373 g/mol. The third kappa shape index (κ3) is 5.91. The Labute approximate surface area is 156 Å². The summed E-state index contributed by atoms with van der Waals surface area (Å²) in [7, 11) is 0. The lowest BCUT2D eigenvalue weighted by atomic mass is 10.1. The molecule has 2 aromatic carbocycles. The molecule has 0 fully saturated rings. The van der Waals surface area contributed by atoms with Crippen molar-refractivity contribution in [2.75, 3.05) is 11.9 Å². The van der Waals surface area contributed by atoms with Gasteiger partial charge in [0.25, 0.3) is 5.91 Å². The molecule has 1 amide bonds. The van der Waals surface area contributed by atoms with Gasteiger partial charge in [-0.15, -0.1) is 0 Å². The molecular formula is C20H20FNO5. The van der Waals surface area contributed by atoms with E-state index in [0.29, 0.717) is 17.7 Å². The Morgan fingerprint density at radius 2 is 1.74 bits per heavy atom. The third-order valence-electron chi connectivity index (χ3n) is 3.66.